The summed E-state index contributed by atoms with van der Waals surface area (Å²) in [5.74, 6) is 0. The van der Waals surface area contributed by atoms with Gasteiger partial charge in [0, 0.05) is 22.7 Å². The van der Waals surface area contributed by atoms with Crippen LogP contribution in [-0.4, -0.2) is 4.98 Å². The van der Waals surface area contributed by atoms with Crippen molar-refractivity contribution in [3.05, 3.63) is 53.9 Å². The number of nitrogens with zero attached hydrogens (tertiary/aromatic N) is 1. The standard InChI is InChI=1S/C17H21NS/c1-3-4-9-17(19)16-8-6-5-7-15(16)14-11-10-13(2)18-12-14/h5-8,10-12,17,19H,3-4,9H2,1-2H3. The van der Waals surface area contributed by atoms with Gasteiger partial charge in [0.15, 0.2) is 0 Å². The molecule has 1 aromatic heterocycles. The van der Waals surface area contributed by atoms with Crippen molar-refractivity contribution >= 4 is 12.6 Å². The van der Waals surface area contributed by atoms with Crippen LogP contribution in [0.3, 0.4) is 0 Å². The number of pyridine rings is 1. The number of rotatable bonds is 5. The molecule has 19 heavy (non-hydrogen) atoms. The summed E-state index contributed by atoms with van der Waals surface area (Å²) >= 11 is 4.77. The number of thiol groups is 1. The lowest BCUT2D eigenvalue weighted by atomic mass is 9.96. The average molecular weight is 271 g/mol. The Morgan fingerprint density at radius 3 is 2.63 bits per heavy atom. The summed E-state index contributed by atoms with van der Waals surface area (Å²) in [6.45, 7) is 4.23. The molecule has 2 rings (SSSR count). The molecule has 0 saturated carbocycles. The second kappa shape index (κ2) is 6.76. The Kier molecular flexibility index (Phi) is 5.03. The maximum atomic E-state index is 4.77. The van der Waals surface area contributed by atoms with Gasteiger partial charge in [0.2, 0.25) is 0 Å². The van der Waals surface area contributed by atoms with Gasteiger partial charge in [-0.25, -0.2) is 0 Å². The van der Waals surface area contributed by atoms with E-state index in [0.717, 1.165) is 12.1 Å². The van der Waals surface area contributed by atoms with Gasteiger partial charge >= 0.3 is 0 Å². The number of aromatic nitrogens is 1. The summed E-state index contributed by atoms with van der Waals surface area (Å²) in [5, 5.41) is 0.303. The monoisotopic (exact) mass is 271 g/mol. The molecule has 1 atom stereocenters. The third kappa shape index (κ3) is 3.60. The van der Waals surface area contributed by atoms with Crippen LogP contribution in [-0.2, 0) is 0 Å². The van der Waals surface area contributed by atoms with Gasteiger partial charge in [-0.05, 0) is 30.5 Å². The maximum Gasteiger partial charge on any atom is 0.0373 e. The number of aryl methyl sites for hydroxylation is 1. The van der Waals surface area contributed by atoms with Crippen LogP contribution in [0.1, 0.15) is 42.7 Å². The molecule has 1 nitrogen and oxygen atoms in total. The minimum atomic E-state index is 0.303. The van der Waals surface area contributed by atoms with Gasteiger partial charge in [-0.3, -0.25) is 4.98 Å². The predicted molar refractivity (Wildman–Crippen MR) is 85.7 cm³/mol. The molecular weight excluding hydrogens is 250 g/mol. The molecule has 1 unspecified atom stereocenters. The third-order valence-electron chi connectivity index (χ3n) is 3.37. The lowest BCUT2D eigenvalue weighted by molar-refractivity contribution is 0.710. The van der Waals surface area contributed by atoms with Crippen LogP contribution in [0.4, 0.5) is 0 Å². The summed E-state index contributed by atoms with van der Waals surface area (Å²) in [6.07, 6.45) is 5.50. The van der Waals surface area contributed by atoms with Gasteiger partial charge < -0.3 is 0 Å². The van der Waals surface area contributed by atoms with Crippen molar-refractivity contribution in [2.24, 2.45) is 0 Å². The van der Waals surface area contributed by atoms with Gasteiger partial charge in [-0.2, -0.15) is 12.6 Å². The van der Waals surface area contributed by atoms with E-state index in [-0.39, 0.29) is 0 Å². The second-order valence-corrected chi connectivity index (χ2v) is 5.56. The molecule has 0 aliphatic carbocycles. The first kappa shape index (κ1) is 14.1. The molecule has 0 bridgehead atoms. The highest BCUT2D eigenvalue weighted by Crippen LogP contribution is 2.33. The number of hydrogen-bond acceptors (Lipinski definition) is 2. The predicted octanol–water partition coefficient (Wildman–Crippen LogP) is 5.22. The van der Waals surface area contributed by atoms with E-state index in [0.29, 0.717) is 5.25 Å². The van der Waals surface area contributed by atoms with E-state index >= 15 is 0 Å². The molecule has 0 aliphatic heterocycles. The second-order valence-electron chi connectivity index (χ2n) is 4.93. The van der Waals surface area contributed by atoms with Crippen molar-refractivity contribution in [3.63, 3.8) is 0 Å². The fraction of sp³-hybridized carbons (Fsp3) is 0.353. The summed E-state index contributed by atoms with van der Waals surface area (Å²) in [4.78, 5) is 4.39. The van der Waals surface area contributed by atoms with Crippen LogP contribution in [0.5, 0.6) is 0 Å². The van der Waals surface area contributed by atoms with E-state index in [1.807, 2.05) is 13.1 Å². The van der Waals surface area contributed by atoms with Crippen LogP contribution in [0.15, 0.2) is 42.6 Å². The zero-order valence-corrected chi connectivity index (χ0v) is 12.5. The van der Waals surface area contributed by atoms with Crippen molar-refractivity contribution in [2.75, 3.05) is 0 Å². The summed E-state index contributed by atoms with van der Waals surface area (Å²) in [6, 6.07) is 12.7. The molecule has 0 saturated heterocycles. The Labute approximate surface area is 121 Å². The van der Waals surface area contributed by atoms with E-state index < -0.39 is 0 Å². The van der Waals surface area contributed by atoms with Gasteiger partial charge in [0.05, 0.1) is 0 Å². The molecule has 100 valence electrons. The quantitative estimate of drug-likeness (QED) is 0.736. The van der Waals surface area contributed by atoms with Crippen molar-refractivity contribution < 1.29 is 0 Å². The Morgan fingerprint density at radius 1 is 1.16 bits per heavy atom. The van der Waals surface area contributed by atoms with Crippen LogP contribution >= 0.6 is 12.6 Å². The van der Waals surface area contributed by atoms with E-state index in [4.69, 9.17) is 12.6 Å². The SMILES string of the molecule is CCCCC(S)c1ccccc1-c1ccc(C)nc1. The topological polar surface area (TPSA) is 12.9 Å². The molecule has 1 heterocycles. The summed E-state index contributed by atoms with van der Waals surface area (Å²) in [7, 11) is 0. The van der Waals surface area contributed by atoms with E-state index in [1.54, 1.807) is 0 Å². The smallest absolute Gasteiger partial charge is 0.0373 e. The van der Waals surface area contributed by atoms with Crippen molar-refractivity contribution in [1.29, 1.82) is 0 Å². The molecule has 0 radical (unpaired) electrons. The summed E-state index contributed by atoms with van der Waals surface area (Å²) < 4.78 is 0. The Balaban J connectivity index is 2.32. The highest BCUT2D eigenvalue weighted by Gasteiger charge is 2.12. The Morgan fingerprint density at radius 2 is 1.95 bits per heavy atom. The highest BCUT2D eigenvalue weighted by atomic mass is 32.1. The first-order valence-electron chi connectivity index (χ1n) is 6.92. The largest absolute Gasteiger partial charge is 0.261 e. The fourth-order valence-electron chi connectivity index (χ4n) is 2.23. The third-order valence-corrected chi connectivity index (χ3v) is 3.91. The number of unbranched alkanes of at least 4 members (excludes halogenated alkanes) is 1. The van der Waals surface area contributed by atoms with Crippen molar-refractivity contribution in [1.82, 2.24) is 4.98 Å². The van der Waals surface area contributed by atoms with E-state index in [9.17, 15) is 0 Å². The van der Waals surface area contributed by atoms with E-state index in [1.165, 1.54) is 29.5 Å². The molecule has 0 N–H and O–H groups in total. The lowest BCUT2D eigenvalue weighted by Gasteiger charge is -2.15. The molecule has 2 aromatic rings. The zero-order valence-electron chi connectivity index (χ0n) is 11.6. The molecule has 0 amide bonds. The van der Waals surface area contributed by atoms with Gasteiger partial charge in [0.25, 0.3) is 0 Å². The van der Waals surface area contributed by atoms with E-state index in [2.05, 4.69) is 48.3 Å². The van der Waals surface area contributed by atoms with Crippen molar-refractivity contribution in [3.8, 4) is 11.1 Å². The molecule has 0 aliphatic rings. The minimum Gasteiger partial charge on any atom is -0.261 e. The number of benzene rings is 1. The van der Waals surface area contributed by atoms with Crippen LogP contribution in [0.2, 0.25) is 0 Å². The van der Waals surface area contributed by atoms with Crippen LogP contribution < -0.4 is 0 Å². The Hall–Kier alpha value is -1.28. The first-order chi connectivity index (χ1) is 9.22. The zero-order chi connectivity index (χ0) is 13.7. The maximum absolute atomic E-state index is 4.77. The van der Waals surface area contributed by atoms with Crippen LogP contribution in [0, 0.1) is 6.92 Å². The van der Waals surface area contributed by atoms with Gasteiger partial charge in [-0.15, -0.1) is 0 Å². The normalized spacial score (nSPS) is 12.4. The Bertz CT molecular complexity index is 519. The van der Waals surface area contributed by atoms with Crippen LogP contribution in [0.25, 0.3) is 11.1 Å². The molecule has 2 heteroatoms. The first-order valence-corrected chi connectivity index (χ1v) is 7.44. The molecule has 0 fully saturated rings. The fourth-order valence-corrected chi connectivity index (χ4v) is 2.64. The lowest BCUT2D eigenvalue weighted by Crippen LogP contribution is -1.95. The number of hydrogen-bond donors (Lipinski definition) is 1. The molecular formula is C17H21NS. The minimum absolute atomic E-state index is 0.303. The van der Waals surface area contributed by atoms with Crippen molar-refractivity contribution in [2.45, 2.75) is 38.4 Å². The molecule has 0 spiro atoms. The van der Waals surface area contributed by atoms with Gasteiger partial charge in [0.1, 0.15) is 0 Å². The highest BCUT2D eigenvalue weighted by molar-refractivity contribution is 7.80. The van der Waals surface area contributed by atoms with Gasteiger partial charge in [-0.1, -0.05) is 50.1 Å². The average Bonchev–Trinajstić information content (AvgIpc) is 2.45. The molecule has 1 aromatic carbocycles. The summed E-state index contributed by atoms with van der Waals surface area (Å²) in [5.41, 5.74) is 4.79.